The van der Waals surface area contributed by atoms with Gasteiger partial charge in [0.1, 0.15) is 17.4 Å². The fourth-order valence-electron chi connectivity index (χ4n) is 4.00. The number of nitrogens with zero attached hydrogens (tertiary/aromatic N) is 4. The molecule has 0 bridgehead atoms. The van der Waals surface area contributed by atoms with Crippen molar-refractivity contribution in [1.82, 2.24) is 19.7 Å². The van der Waals surface area contributed by atoms with Gasteiger partial charge in [0, 0.05) is 31.3 Å². The van der Waals surface area contributed by atoms with Crippen LogP contribution < -0.4 is 14.8 Å². The van der Waals surface area contributed by atoms with Crippen molar-refractivity contribution in [1.29, 1.82) is 0 Å². The van der Waals surface area contributed by atoms with Crippen molar-refractivity contribution in [2.45, 2.75) is 26.0 Å². The van der Waals surface area contributed by atoms with Crippen LogP contribution in [0, 0.1) is 17.8 Å². The van der Waals surface area contributed by atoms with E-state index < -0.39 is 12.1 Å². The van der Waals surface area contributed by atoms with Gasteiger partial charge in [-0.25, -0.2) is 9.78 Å². The number of rotatable bonds is 7. The van der Waals surface area contributed by atoms with Crippen LogP contribution in [0.3, 0.4) is 0 Å². The van der Waals surface area contributed by atoms with Crippen molar-refractivity contribution in [3.05, 3.63) is 47.7 Å². The number of aliphatic hydroxyl groups is 1. The Labute approximate surface area is 224 Å². The molecule has 3 rings (SSSR count). The lowest BCUT2D eigenvalue weighted by molar-refractivity contribution is 0.0356. The number of para-hydroxylation sites is 2. The Morgan fingerprint density at radius 3 is 2.76 bits per heavy atom. The minimum atomic E-state index is -0.471. The van der Waals surface area contributed by atoms with E-state index in [0.29, 0.717) is 30.1 Å². The lowest BCUT2D eigenvalue weighted by atomic mass is 10.00. The van der Waals surface area contributed by atoms with Gasteiger partial charge in [0.25, 0.3) is 5.91 Å². The molecule has 0 radical (unpaired) electrons. The standard InChI is InChI=1S/C28H37N5O5/c1-19-16-33(20(2)18-34)27(35)22-14-21(10-9-13-31(3)4)15-29-26(22)38-25(19)17-32(5)28(36)30-23-11-7-8-12-24(23)37-6/h7-8,11-12,14-15,19-20,25,34H,13,16-18H2,1-6H3,(H,30,36)/t19-,20+,25-/m0/s1. The van der Waals surface area contributed by atoms with Crippen molar-refractivity contribution in [3.63, 3.8) is 0 Å². The average molecular weight is 524 g/mol. The quantitative estimate of drug-likeness (QED) is 0.537. The van der Waals surface area contributed by atoms with Gasteiger partial charge in [0.15, 0.2) is 0 Å². The third kappa shape index (κ3) is 7.15. The Morgan fingerprint density at radius 1 is 1.34 bits per heavy atom. The third-order valence-corrected chi connectivity index (χ3v) is 6.30. The summed E-state index contributed by atoms with van der Waals surface area (Å²) in [6.07, 6.45) is 1.11. The minimum absolute atomic E-state index is 0.163. The molecule has 3 atom stereocenters. The number of hydrogen-bond donors (Lipinski definition) is 2. The minimum Gasteiger partial charge on any atom is -0.495 e. The highest BCUT2D eigenvalue weighted by Gasteiger charge is 2.34. The lowest BCUT2D eigenvalue weighted by Crippen LogP contribution is -2.50. The maximum absolute atomic E-state index is 13.5. The first-order valence-electron chi connectivity index (χ1n) is 12.5. The number of nitrogens with one attached hydrogen (secondary N) is 1. The molecular formula is C28H37N5O5. The number of aromatic nitrogens is 1. The van der Waals surface area contributed by atoms with Crippen LogP contribution in [-0.2, 0) is 0 Å². The SMILES string of the molecule is COc1ccccc1NC(=O)N(C)C[C@@H]1Oc2ncc(C#CCN(C)C)cc2C(=O)N([C@H](C)CO)C[C@@H]1C. The van der Waals surface area contributed by atoms with Gasteiger partial charge in [-0.2, -0.15) is 0 Å². The van der Waals surface area contributed by atoms with E-state index in [1.165, 1.54) is 4.90 Å². The zero-order chi connectivity index (χ0) is 27.8. The van der Waals surface area contributed by atoms with Gasteiger partial charge in [-0.1, -0.05) is 30.9 Å². The summed E-state index contributed by atoms with van der Waals surface area (Å²) in [5, 5.41) is 12.7. The average Bonchev–Trinajstić information content (AvgIpc) is 2.90. The van der Waals surface area contributed by atoms with Crippen LogP contribution in [0.25, 0.3) is 0 Å². The molecule has 2 heterocycles. The number of urea groups is 1. The predicted octanol–water partition coefficient (Wildman–Crippen LogP) is 2.39. The summed E-state index contributed by atoms with van der Waals surface area (Å²) >= 11 is 0. The van der Waals surface area contributed by atoms with Crippen LogP contribution in [0.1, 0.15) is 29.8 Å². The molecule has 10 heteroatoms. The Bertz CT molecular complexity index is 1190. The summed E-state index contributed by atoms with van der Waals surface area (Å²) in [7, 11) is 7.07. The maximum Gasteiger partial charge on any atom is 0.321 e. The van der Waals surface area contributed by atoms with E-state index in [1.807, 2.05) is 38.1 Å². The van der Waals surface area contributed by atoms with Gasteiger partial charge in [0.05, 0.1) is 38.5 Å². The summed E-state index contributed by atoms with van der Waals surface area (Å²) in [5.41, 5.74) is 1.43. The van der Waals surface area contributed by atoms with Crippen molar-refractivity contribution in [3.8, 4) is 23.5 Å². The number of ether oxygens (including phenoxy) is 2. The maximum atomic E-state index is 13.5. The number of methoxy groups -OCH3 is 1. The molecule has 1 aromatic heterocycles. The molecule has 1 aromatic carbocycles. The smallest absolute Gasteiger partial charge is 0.321 e. The van der Waals surface area contributed by atoms with Gasteiger partial charge in [-0.15, -0.1) is 0 Å². The number of anilines is 1. The van der Waals surface area contributed by atoms with E-state index in [2.05, 4.69) is 22.1 Å². The summed E-state index contributed by atoms with van der Waals surface area (Å²) in [5.74, 6) is 6.38. The Morgan fingerprint density at radius 2 is 2.08 bits per heavy atom. The Hall–Kier alpha value is -3.81. The number of aliphatic hydroxyl groups excluding tert-OH is 1. The molecule has 1 aliphatic heterocycles. The zero-order valence-electron chi connectivity index (χ0n) is 22.9. The highest BCUT2D eigenvalue weighted by atomic mass is 16.5. The monoisotopic (exact) mass is 523 g/mol. The molecule has 38 heavy (non-hydrogen) atoms. The zero-order valence-corrected chi connectivity index (χ0v) is 22.9. The first-order chi connectivity index (χ1) is 18.1. The van der Waals surface area contributed by atoms with Crippen molar-refractivity contribution < 1.29 is 24.2 Å². The molecule has 1 aliphatic rings. The van der Waals surface area contributed by atoms with E-state index in [-0.39, 0.29) is 42.5 Å². The number of amides is 3. The van der Waals surface area contributed by atoms with Gasteiger partial charge in [0.2, 0.25) is 5.88 Å². The largest absolute Gasteiger partial charge is 0.495 e. The van der Waals surface area contributed by atoms with E-state index in [0.717, 1.165) is 0 Å². The molecule has 0 fully saturated rings. The summed E-state index contributed by atoms with van der Waals surface area (Å²) in [4.78, 5) is 36.1. The Balaban J connectivity index is 1.87. The molecule has 204 valence electrons. The number of pyridine rings is 1. The number of carbonyl (C=O) groups excluding carboxylic acids is 2. The normalized spacial score (nSPS) is 17.8. The molecule has 0 saturated heterocycles. The molecule has 0 saturated carbocycles. The molecule has 10 nitrogen and oxygen atoms in total. The second-order valence-electron chi connectivity index (χ2n) is 9.75. The Kier molecular flexibility index (Phi) is 9.93. The summed E-state index contributed by atoms with van der Waals surface area (Å²) < 4.78 is 11.6. The molecule has 0 aliphatic carbocycles. The van der Waals surface area contributed by atoms with E-state index in [4.69, 9.17) is 9.47 Å². The predicted molar refractivity (Wildman–Crippen MR) is 145 cm³/mol. The lowest BCUT2D eigenvalue weighted by Gasteiger charge is -2.37. The number of fused-ring (bicyclic) bond motifs is 1. The second kappa shape index (κ2) is 13.1. The number of carbonyl (C=O) groups is 2. The van der Waals surface area contributed by atoms with Gasteiger partial charge in [-0.05, 0) is 39.2 Å². The topological polar surface area (TPSA) is 107 Å². The first-order valence-corrected chi connectivity index (χ1v) is 12.5. The van der Waals surface area contributed by atoms with Crippen LogP contribution in [0.15, 0.2) is 36.5 Å². The summed E-state index contributed by atoms with van der Waals surface area (Å²) in [6, 6.07) is 8.11. The van der Waals surface area contributed by atoms with E-state index in [9.17, 15) is 14.7 Å². The second-order valence-corrected chi connectivity index (χ2v) is 9.75. The molecular weight excluding hydrogens is 486 g/mol. The van der Waals surface area contributed by atoms with Crippen molar-refractivity contribution in [2.75, 3.05) is 59.8 Å². The number of benzene rings is 1. The number of hydrogen-bond acceptors (Lipinski definition) is 7. The molecule has 0 unspecified atom stereocenters. The van der Waals surface area contributed by atoms with Crippen LogP contribution in [0.4, 0.5) is 10.5 Å². The molecule has 2 aromatic rings. The highest BCUT2D eigenvalue weighted by molar-refractivity contribution is 5.97. The van der Waals surface area contributed by atoms with Gasteiger partial charge >= 0.3 is 6.03 Å². The van der Waals surface area contributed by atoms with Crippen LogP contribution >= 0.6 is 0 Å². The third-order valence-electron chi connectivity index (χ3n) is 6.30. The van der Waals surface area contributed by atoms with Gasteiger partial charge in [-0.3, -0.25) is 9.69 Å². The van der Waals surface area contributed by atoms with Crippen molar-refractivity contribution in [2.24, 2.45) is 5.92 Å². The highest BCUT2D eigenvalue weighted by Crippen LogP contribution is 2.28. The summed E-state index contributed by atoms with van der Waals surface area (Å²) in [6.45, 7) is 4.70. The van der Waals surface area contributed by atoms with Gasteiger partial charge < -0.3 is 29.7 Å². The first kappa shape index (κ1) is 28.8. The molecule has 2 N–H and O–H groups in total. The van der Waals surface area contributed by atoms with Crippen molar-refractivity contribution >= 4 is 17.6 Å². The van der Waals surface area contributed by atoms with E-state index in [1.54, 1.807) is 50.4 Å². The van der Waals surface area contributed by atoms with Crippen LogP contribution in [-0.4, -0.2) is 103 Å². The van der Waals surface area contributed by atoms with Crippen LogP contribution in [0.2, 0.25) is 0 Å². The fourth-order valence-corrected chi connectivity index (χ4v) is 4.00. The fraction of sp³-hybridized carbons (Fsp3) is 0.464. The van der Waals surface area contributed by atoms with Crippen LogP contribution in [0.5, 0.6) is 11.6 Å². The molecule has 0 spiro atoms. The number of likely N-dealkylation sites (N-methyl/N-ethyl adjacent to an activating group) is 1. The molecule has 3 amide bonds. The van der Waals surface area contributed by atoms with E-state index >= 15 is 0 Å².